The van der Waals surface area contributed by atoms with Gasteiger partial charge >= 0.3 is 6.03 Å². The van der Waals surface area contributed by atoms with Crippen molar-refractivity contribution >= 4 is 17.6 Å². The van der Waals surface area contributed by atoms with Crippen LogP contribution in [0.5, 0.6) is 0 Å². The average Bonchev–Trinajstić information content (AvgIpc) is 3.15. The van der Waals surface area contributed by atoms with Crippen LogP contribution in [-0.4, -0.2) is 41.4 Å². The summed E-state index contributed by atoms with van der Waals surface area (Å²) in [6.07, 6.45) is 0. The van der Waals surface area contributed by atoms with Crippen molar-refractivity contribution in [2.75, 3.05) is 24.5 Å². The molecule has 1 heterocycles. The molecule has 0 saturated carbocycles. The molecule has 5 nitrogen and oxygen atoms in total. The molecule has 5 heteroatoms. The number of rotatable bonds is 7. The van der Waals surface area contributed by atoms with Crippen LogP contribution in [-0.2, 0) is 17.9 Å². The molecule has 1 fully saturated rings. The molecular formula is C25H25N3O2. The summed E-state index contributed by atoms with van der Waals surface area (Å²) in [6.45, 7) is 2.25. The Hall–Kier alpha value is -3.60. The minimum absolute atomic E-state index is 0.0500. The molecule has 0 atom stereocenters. The van der Waals surface area contributed by atoms with Crippen LogP contribution in [0, 0.1) is 0 Å². The van der Waals surface area contributed by atoms with E-state index in [0.29, 0.717) is 26.2 Å². The Morgan fingerprint density at radius 2 is 1.23 bits per heavy atom. The van der Waals surface area contributed by atoms with E-state index in [4.69, 9.17) is 0 Å². The van der Waals surface area contributed by atoms with E-state index in [1.54, 1.807) is 9.80 Å². The first-order valence-electron chi connectivity index (χ1n) is 10.2. The highest BCUT2D eigenvalue weighted by molar-refractivity contribution is 5.96. The summed E-state index contributed by atoms with van der Waals surface area (Å²) in [5.74, 6) is -0.0500. The van der Waals surface area contributed by atoms with Gasteiger partial charge < -0.3 is 9.80 Å². The number of benzene rings is 3. The van der Waals surface area contributed by atoms with E-state index in [-0.39, 0.29) is 18.5 Å². The Kier molecular flexibility index (Phi) is 6.09. The highest BCUT2D eigenvalue weighted by atomic mass is 16.2. The lowest BCUT2D eigenvalue weighted by Crippen LogP contribution is -2.41. The number of urea groups is 1. The summed E-state index contributed by atoms with van der Waals surface area (Å²) in [6, 6.07) is 29.4. The third-order valence-corrected chi connectivity index (χ3v) is 5.27. The predicted octanol–water partition coefficient (Wildman–Crippen LogP) is 4.16. The van der Waals surface area contributed by atoms with Crippen LogP contribution in [0.15, 0.2) is 91.0 Å². The Labute approximate surface area is 177 Å². The molecule has 3 aromatic rings. The van der Waals surface area contributed by atoms with Gasteiger partial charge in [0.15, 0.2) is 0 Å². The monoisotopic (exact) mass is 399 g/mol. The van der Waals surface area contributed by atoms with E-state index in [1.807, 2.05) is 95.9 Å². The Morgan fingerprint density at radius 3 is 1.77 bits per heavy atom. The zero-order chi connectivity index (χ0) is 20.8. The van der Waals surface area contributed by atoms with Gasteiger partial charge in [0.1, 0.15) is 6.54 Å². The highest BCUT2D eigenvalue weighted by Crippen LogP contribution is 2.20. The molecule has 1 aliphatic heterocycles. The van der Waals surface area contributed by atoms with Crippen LogP contribution in [0.3, 0.4) is 0 Å². The molecule has 3 amide bonds. The number of para-hydroxylation sites is 1. The van der Waals surface area contributed by atoms with Gasteiger partial charge in [-0.2, -0.15) is 0 Å². The summed E-state index contributed by atoms with van der Waals surface area (Å²) in [4.78, 5) is 31.3. The maximum absolute atomic E-state index is 13.2. The fourth-order valence-corrected chi connectivity index (χ4v) is 3.68. The van der Waals surface area contributed by atoms with E-state index in [9.17, 15) is 9.59 Å². The lowest BCUT2D eigenvalue weighted by Gasteiger charge is -2.26. The second kappa shape index (κ2) is 9.27. The summed E-state index contributed by atoms with van der Waals surface area (Å²) in [5, 5.41) is 0. The van der Waals surface area contributed by atoms with Crippen molar-refractivity contribution in [2.24, 2.45) is 0 Å². The lowest BCUT2D eigenvalue weighted by atomic mass is 10.1. The quantitative estimate of drug-likeness (QED) is 0.599. The average molecular weight is 399 g/mol. The molecule has 0 aliphatic carbocycles. The maximum Gasteiger partial charge on any atom is 0.325 e. The van der Waals surface area contributed by atoms with Gasteiger partial charge in [0.05, 0.1) is 0 Å². The molecule has 0 radical (unpaired) electrons. The van der Waals surface area contributed by atoms with Crippen molar-refractivity contribution in [1.82, 2.24) is 9.80 Å². The minimum atomic E-state index is -0.117. The van der Waals surface area contributed by atoms with Crippen LogP contribution in [0.25, 0.3) is 0 Å². The SMILES string of the molecule is O=C(CN1CCN(c2ccccc2)C1=O)N(Cc1ccccc1)Cc1ccccc1. The number of hydrogen-bond donors (Lipinski definition) is 0. The number of hydrogen-bond acceptors (Lipinski definition) is 2. The standard InChI is InChI=1S/C25H25N3O2/c29-24(20-26-16-17-28(25(26)30)23-14-8-3-9-15-23)27(18-21-10-4-1-5-11-21)19-22-12-6-2-7-13-22/h1-15H,16-20H2. The summed E-state index contributed by atoms with van der Waals surface area (Å²) >= 11 is 0. The first kappa shape index (κ1) is 19.7. The van der Waals surface area contributed by atoms with Crippen molar-refractivity contribution < 1.29 is 9.59 Å². The van der Waals surface area contributed by atoms with Gasteiger partial charge in [0.25, 0.3) is 0 Å². The molecule has 4 rings (SSSR count). The molecule has 1 saturated heterocycles. The predicted molar refractivity (Wildman–Crippen MR) is 118 cm³/mol. The molecule has 0 spiro atoms. The third kappa shape index (κ3) is 4.69. The smallest absolute Gasteiger partial charge is 0.325 e. The van der Waals surface area contributed by atoms with Crippen LogP contribution >= 0.6 is 0 Å². The number of anilines is 1. The summed E-state index contributed by atoms with van der Waals surface area (Å²) in [7, 11) is 0. The van der Waals surface area contributed by atoms with E-state index in [2.05, 4.69) is 0 Å². The van der Waals surface area contributed by atoms with Crippen LogP contribution in [0.2, 0.25) is 0 Å². The Morgan fingerprint density at radius 1 is 0.733 bits per heavy atom. The number of carbonyl (C=O) groups excluding carboxylic acids is 2. The van der Waals surface area contributed by atoms with Gasteiger partial charge in [-0.05, 0) is 23.3 Å². The van der Waals surface area contributed by atoms with Crippen LogP contribution < -0.4 is 4.90 Å². The van der Waals surface area contributed by atoms with Gasteiger partial charge in [-0.3, -0.25) is 9.69 Å². The molecule has 0 unspecified atom stereocenters. The van der Waals surface area contributed by atoms with Crippen molar-refractivity contribution in [3.63, 3.8) is 0 Å². The second-order valence-corrected chi connectivity index (χ2v) is 7.41. The fraction of sp³-hybridized carbons (Fsp3) is 0.200. The lowest BCUT2D eigenvalue weighted by molar-refractivity contribution is -0.132. The van der Waals surface area contributed by atoms with Gasteiger partial charge in [0, 0.05) is 31.9 Å². The first-order valence-corrected chi connectivity index (χ1v) is 10.2. The molecule has 152 valence electrons. The van der Waals surface area contributed by atoms with Crippen molar-refractivity contribution in [2.45, 2.75) is 13.1 Å². The first-order chi connectivity index (χ1) is 14.7. The molecule has 3 aromatic carbocycles. The van der Waals surface area contributed by atoms with E-state index in [0.717, 1.165) is 16.8 Å². The minimum Gasteiger partial charge on any atom is -0.333 e. The fourth-order valence-electron chi connectivity index (χ4n) is 3.68. The normalized spacial score (nSPS) is 13.5. The van der Waals surface area contributed by atoms with Crippen LogP contribution in [0.4, 0.5) is 10.5 Å². The number of nitrogens with zero attached hydrogens (tertiary/aromatic N) is 3. The summed E-state index contributed by atoms with van der Waals surface area (Å²) in [5.41, 5.74) is 3.00. The van der Waals surface area contributed by atoms with Gasteiger partial charge in [-0.15, -0.1) is 0 Å². The number of carbonyl (C=O) groups is 2. The van der Waals surface area contributed by atoms with E-state index in [1.165, 1.54) is 0 Å². The molecule has 1 aliphatic rings. The maximum atomic E-state index is 13.2. The largest absolute Gasteiger partial charge is 0.333 e. The third-order valence-electron chi connectivity index (χ3n) is 5.27. The topological polar surface area (TPSA) is 43.9 Å². The van der Waals surface area contributed by atoms with Gasteiger partial charge in [0.2, 0.25) is 5.91 Å². The zero-order valence-corrected chi connectivity index (χ0v) is 16.9. The molecule has 0 N–H and O–H groups in total. The van der Waals surface area contributed by atoms with Crippen molar-refractivity contribution in [3.05, 3.63) is 102 Å². The van der Waals surface area contributed by atoms with Crippen molar-refractivity contribution in [1.29, 1.82) is 0 Å². The number of amides is 3. The molecular weight excluding hydrogens is 374 g/mol. The Balaban J connectivity index is 1.46. The zero-order valence-electron chi connectivity index (χ0n) is 16.9. The summed E-state index contributed by atoms with van der Waals surface area (Å²) < 4.78 is 0. The van der Waals surface area contributed by atoms with Crippen LogP contribution in [0.1, 0.15) is 11.1 Å². The molecule has 30 heavy (non-hydrogen) atoms. The second-order valence-electron chi connectivity index (χ2n) is 7.41. The highest BCUT2D eigenvalue weighted by Gasteiger charge is 2.31. The Bertz CT molecular complexity index is 936. The van der Waals surface area contributed by atoms with E-state index < -0.39 is 0 Å². The van der Waals surface area contributed by atoms with Gasteiger partial charge in [-0.1, -0.05) is 78.9 Å². The molecule has 0 bridgehead atoms. The van der Waals surface area contributed by atoms with Crippen molar-refractivity contribution in [3.8, 4) is 0 Å². The van der Waals surface area contributed by atoms with E-state index >= 15 is 0 Å². The van der Waals surface area contributed by atoms with Gasteiger partial charge in [-0.25, -0.2) is 4.79 Å². The molecule has 0 aromatic heterocycles.